The number of likely N-dealkylation sites (tertiary alicyclic amines) is 1. The monoisotopic (exact) mass is 317 g/mol. The van der Waals surface area contributed by atoms with Crippen LogP contribution in [0.3, 0.4) is 0 Å². The smallest absolute Gasteiger partial charge is 0.293 e. The van der Waals surface area contributed by atoms with Crippen molar-refractivity contribution < 1.29 is 13.8 Å². The third kappa shape index (κ3) is 3.02. The van der Waals surface area contributed by atoms with Gasteiger partial charge in [-0.05, 0) is 18.8 Å². The molecule has 1 aliphatic rings. The van der Waals surface area contributed by atoms with Crippen LogP contribution in [0, 0.1) is 0 Å². The minimum Gasteiger partial charge on any atom is -0.361 e. The number of carbonyl (C=O) groups excluding carboxylic acids is 1. The Balaban J connectivity index is 1.81. The molecule has 1 fully saturated rings. The van der Waals surface area contributed by atoms with E-state index < -0.39 is 0 Å². The van der Waals surface area contributed by atoms with Gasteiger partial charge >= 0.3 is 0 Å². The van der Waals surface area contributed by atoms with Crippen molar-refractivity contribution in [2.45, 2.75) is 58.4 Å². The van der Waals surface area contributed by atoms with E-state index in [4.69, 9.17) is 9.05 Å². The maximum absolute atomic E-state index is 12.7. The molecule has 0 unspecified atom stereocenters. The molecule has 6 heteroatoms. The minimum atomic E-state index is -0.124. The summed E-state index contributed by atoms with van der Waals surface area (Å²) in [4.78, 5) is 14.6. The van der Waals surface area contributed by atoms with Gasteiger partial charge in [0.1, 0.15) is 11.5 Å². The Kier molecular flexibility index (Phi) is 4.24. The number of carbonyl (C=O) groups is 1. The molecule has 6 nitrogen and oxygen atoms in total. The number of hydrogen-bond donors (Lipinski definition) is 0. The summed E-state index contributed by atoms with van der Waals surface area (Å²) in [5.41, 5.74) is 1.62. The first-order chi connectivity index (χ1) is 11.0. The average molecular weight is 317 g/mol. The van der Waals surface area contributed by atoms with Crippen molar-refractivity contribution in [2.24, 2.45) is 0 Å². The highest BCUT2D eigenvalue weighted by molar-refractivity contribution is 5.92. The van der Waals surface area contributed by atoms with E-state index in [1.165, 1.54) is 0 Å². The largest absolute Gasteiger partial charge is 0.361 e. The second-order valence-corrected chi connectivity index (χ2v) is 6.74. The topological polar surface area (TPSA) is 72.4 Å². The van der Waals surface area contributed by atoms with E-state index in [1.807, 2.05) is 24.8 Å². The summed E-state index contributed by atoms with van der Waals surface area (Å²) < 4.78 is 10.6. The summed E-state index contributed by atoms with van der Waals surface area (Å²) >= 11 is 0. The van der Waals surface area contributed by atoms with Crippen LogP contribution in [0.2, 0.25) is 0 Å². The molecule has 0 radical (unpaired) electrons. The molecular weight excluding hydrogens is 294 g/mol. The molecule has 1 saturated heterocycles. The molecule has 0 spiro atoms. The Morgan fingerprint density at radius 3 is 2.57 bits per heavy atom. The molecule has 1 amide bonds. The summed E-state index contributed by atoms with van der Waals surface area (Å²) in [5.74, 6) is 1.54. The summed E-state index contributed by atoms with van der Waals surface area (Å²) in [6.07, 6.45) is 1.84. The van der Waals surface area contributed by atoms with Crippen LogP contribution in [0.5, 0.6) is 0 Å². The highest BCUT2D eigenvalue weighted by atomic mass is 16.5. The zero-order chi connectivity index (χ0) is 16.6. The fourth-order valence-corrected chi connectivity index (χ4v) is 2.85. The van der Waals surface area contributed by atoms with Gasteiger partial charge in [0.2, 0.25) is 5.76 Å². The van der Waals surface area contributed by atoms with Gasteiger partial charge in [0.05, 0.1) is 11.7 Å². The van der Waals surface area contributed by atoms with Crippen LogP contribution in [0.4, 0.5) is 0 Å². The lowest BCUT2D eigenvalue weighted by Crippen LogP contribution is -2.30. The average Bonchev–Trinajstić information content (AvgIpc) is 3.24. The lowest BCUT2D eigenvalue weighted by molar-refractivity contribution is 0.0688. The van der Waals surface area contributed by atoms with Gasteiger partial charge in [-0.2, -0.15) is 0 Å². The molecular formula is C17H23N3O3. The second kappa shape index (κ2) is 6.18. The first-order valence-corrected chi connectivity index (χ1v) is 8.21. The normalized spacial score (nSPS) is 18.3. The van der Waals surface area contributed by atoms with Crippen molar-refractivity contribution in [3.63, 3.8) is 0 Å². The van der Waals surface area contributed by atoms with Crippen LogP contribution in [0.1, 0.15) is 86.1 Å². The van der Waals surface area contributed by atoms with Crippen LogP contribution in [-0.4, -0.2) is 27.7 Å². The summed E-state index contributed by atoms with van der Waals surface area (Å²) in [6.45, 7) is 8.86. The second-order valence-electron chi connectivity index (χ2n) is 6.74. The molecule has 0 N–H and O–H groups in total. The van der Waals surface area contributed by atoms with Gasteiger partial charge in [-0.3, -0.25) is 4.79 Å². The van der Waals surface area contributed by atoms with E-state index >= 15 is 0 Å². The molecule has 3 rings (SSSR count). The van der Waals surface area contributed by atoms with Crippen LogP contribution in [0.15, 0.2) is 21.2 Å². The Morgan fingerprint density at radius 1 is 1.17 bits per heavy atom. The van der Waals surface area contributed by atoms with Crippen molar-refractivity contribution in [1.29, 1.82) is 0 Å². The quantitative estimate of drug-likeness (QED) is 0.855. The SMILES string of the molecule is CC(C)c1cc(C(=O)N2CCC[C@@H]2c2cc(C(C)C)on2)on1. The molecule has 0 aromatic carbocycles. The zero-order valence-corrected chi connectivity index (χ0v) is 14.1. The maximum Gasteiger partial charge on any atom is 0.293 e. The molecule has 0 bridgehead atoms. The standard InChI is InChI=1S/C17H23N3O3/c1-10(2)12-8-16(23-18-12)17(21)20-7-5-6-14(20)13-9-15(11(3)4)22-19-13/h8-11,14H,5-7H2,1-4H3/t14-/m1/s1. The van der Waals surface area contributed by atoms with Crippen LogP contribution in [-0.2, 0) is 0 Å². The van der Waals surface area contributed by atoms with Crippen LogP contribution in [0.25, 0.3) is 0 Å². The van der Waals surface area contributed by atoms with Crippen LogP contribution < -0.4 is 0 Å². The number of nitrogens with zero attached hydrogens (tertiary/aromatic N) is 3. The molecule has 3 heterocycles. The highest BCUT2D eigenvalue weighted by Crippen LogP contribution is 2.34. The third-order valence-electron chi connectivity index (χ3n) is 4.30. The Morgan fingerprint density at radius 2 is 1.96 bits per heavy atom. The lowest BCUT2D eigenvalue weighted by Gasteiger charge is -2.21. The first kappa shape index (κ1) is 15.8. The molecule has 23 heavy (non-hydrogen) atoms. The van der Waals surface area contributed by atoms with Gasteiger partial charge < -0.3 is 13.9 Å². The van der Waals surface area contributed by atoms with Gasteiger partial charge in [0.15, 0.2) is 0 Å². The minimum absolute atomic E-state index is 0.0497. The highest BCUT2D eigenvalue weighted by Gasteiger charge is 2.34. The molecule has 0 aliphatic carbocycles. The lowest BCUT2D eigenvalue weighted by atomic mass is 10.1. The van der Waals surface area contributed by atoms with Gasteiger partial charge in [0, 0.05) is 24.6 Å². The fourth-order valence-electron chi connectivity index (χ4n) is 2.85. The maximum atomic E-state index is 12.7. The van der Waals surface area contributed by atoms with Gasteiger partial charge in [0.25, 0.3) is 5.91 Å². The van der Waals surface area contributed by atoms with Crippen molar-refractivity contribution in [1.82, 2.24) is 15.2 Å². The fraction of sp³-hybridized carbons (Fsp3) is 0.588. The van der Waals surface area contributed by atoms with Crippen molar-refractivity contribution >= 4 is 5.91 Å². The van der Waals surface area contributed by atoms with Crippen molar-refractivity contribution in [2.75, 3.05) is 6.54 Å². The predicted molar refractivity (Wildman–Crippen MR) is 84.2 cm³/mol. The van der Waals surface area contributed by atoms with Gasteiger partial charge in [-0.15, -0.1) is 0 Å². The predicted octanol–water partition coefficient (Wildman–Crippen LogP) is 3.89. The molecule has 1 atom stereocenters. The third-order valence-corrected chi connectivity index (χ3v) is 4.30. The van der Waals surface area contributed by atoms with Crippen LogP contribution >= 0.6 is 0 Å². The van der Waals surface area contributed by atoms with E-state index in [0.29, 0.717) is 12.3 Å². The molecule has 0 saturated carbocycles. The number of rotatable bonds is 4. The number of hydrogen-bond acceptors (Lipinski definition) is 5. The molecule has 2 aromatic rings. The van der Waals surface area contributed by atoms with Crippen molar-refractivity contribution in [3.8, 4) is 0 Å². The van der Waals surface area contributed by atoms with E-state index in [9.17, 15) is 4.79 Å². The van der Waals surface area contributed by atoms with E-state index in [0.717, 1.165) is 30.0 Å². The summed E-state index contributed by atoms with van der Waals surface area (Å²) in [7, 11) is 0. The van der Waals surface area contributed by atoms with E-state index in [2.05, 4.69) is 24.2 Å². The van der Waals surface area contributed by atoms with Gasteiger partial charge in [-0.1, -0.05) is 38.0 Å². The van der Waals surface area contributed by atoms with Gasteiger partial charge in [-0.25, -0.2) is 0 Å². The Hall–Kier alpha value is -2.11. The zero-order valence-electron chi connectivity index (χ0n) is 14.1. The van der Waals surface area contributed by atoms with E-state index in [1.54, 1.807) is 6.07 Å². The molecule has 1 aliphatic heterocycles. The van der Waals surface area contributed by atoms with E-state index in [-0.39, 0.29) is 23.8 Å². The summed E-state index contributed by atoms with van der Waals surface area (Å²) in [5, 5.41) is 8.14. The number of aromatic nitrogens is 2. The number of amides is 1. The Bertz CT molecular complexity index is 687. The molecule has 2 aromatic heterocycles. The summed E-state index contributed by atoms with van der Waals surface area (Å²) in [6, 6.07) is 3.65. The first-order valence-electron chi connectivity index (χ1n) is 8.21. The molecule has 124 valence electrons. The Labute approximate surface area is 135 Å². The van der Waals surface area contributed by atoms with Crippen molar-refractivity contribution in [3.05, 3.63) is 35.0 Å².